The van der Waals surface area contributed by atoms with Gasteiger partial charge in [-0.25, -0.2) is 9.78 Å². The molecule has 3 aromatic rings. The van der Waals surface area contributed by atoms with Crippen LogP contribution in [0.5, 0.6) is 11.5 Å². The molecule has 0 aliphatic carbocycles. The van der Waals surface area contributed by atoms with Gasteiger partial charge in [-0.1, -0.05) is 18.2 Å². The number of thioether (sulfide) groups is 1. The number of carbonyl (C=O) groups excluding carboxylic acids is 1. The minimum atomic E-state index is -0.947. The predicted molar refractivity (Wildman–Crippen MR) is 122 cm³/mol. The fourth-order valence-corrected chi connectivity index (χ4v) is 3.71. The van der Waals surface area contributed by atoms with Crippen LogP contribution in [0.2, 0.25) is 0 Å². The van der Waals surface area contributed by atoms with Gasteiger partial charge in [-0.3, -0.25) is 0 Å². The van der Waals surface area contributed by atoms with Gasteiger partial charge in [0.1, 0.15) is 17.6 Å². The molecule has 7 nitrogen and oxygen atoms in total. The van der Waals surface area contributed by atoms with Crippen molar-refractivity contribution in [2.24, 2.45) is 0 Å². The van der Waals surface area contributed by atoms with Crippen LogP contribution in [-0.2, 0) is 5.75 Å². The number of nitrogens with one attached hydrogen (secondary N) is 2. The molecule has 0 bridgehead atoms. The number of amides is 2. The van der Waals surface area contributed by atoms with Crippen LogP contribution in [-0.4, -0.2) is 36.9 Å². The fourth-order valence-electron chi connectivity index (χ4n) is 2.90. The van der Waals surface area contributed by atoms with E-state index in [4.69, 9.17) is 9.47 Å². The SMILES string of the molecule is COc1ccc(OC)c(C(O)CNC(=O)Nc2cccc(CSc3ccccn3)c2)c1. The topological polar surface area (TPSA) is 92.7 Å². The highest BCUT2D eigenvalue weighted by atomic mass is 32.2. The average molecular weight is 440 g/mol. The third kappa shape index (κ3) is 6.63. The van der Waals surface area contributed by atoms with Gasteiger partial charge >= 0.3 is 6.03 Å². The number of nitrogens with zero attached hydrogens (tertiary/aromatic N) is 1. The van der Waals surface area contributed by atoms with E-state index in [1.165, 1.54) is 7.11 Å². The molecule has 31 heavy (non-hydrogen) atoms. The maximum atomic E-state index is 12.3. The van der Waals surface area contributed by atoms with E-state index in [1.54, 1.807) is 43.3 Å². The summed E-state index contributed by atoms with van der Waals surface area (Å²) >= 11 is 1.62. The Labute approximate surface area is 185 Å². The number of urea groups is 1. The molecular weight excluding hydrogens is 414 g/mol. The van der Waals surface area contributed by atoms with Crippen LogP contribution in [0.3, 0.4) is 0 Å². The molecule has 0 radical (unpaired) electrons. The van der Waals surface area contributed by atoms with Gasteiger partial charge < -0.3 is 25.2 Å². The van der Waals surface area contributed by atoms with Crippen molar-refractivity contribution in [3.63, 3.8) is 0 Å². The van der Waals surface area contributed by atoms with Crippen molar-refractivity contribution in [1.82, 2.24) is 10.3 Å². The van der Waals surface area contributed by atoms with Gasteiger partial charge in [-0.15, -0.1) is 11.8 Å². The zero-order chi connectivity index (χ0) is 22.1. The van der Waals surface area contributed by atoms with E-state index in [-0.39, 0.29) is 6.54 Å². The summed E-state index contributed by atoms with van der Waals surface area (Å²) in [5.74, 6) is 1.86. The Morgan fingerprint density at radius 1 is 1.10 bits per heavy atom. The number of pyridine rings is 1. The second-order valence-corrected chi connectivity index (χ2v) is 7.61. The number of ether oxygens (including phenoxy) is 2. The summed E-state index contributed by atoms with van der Waals surface area (Å²) in [6.45, 7) is 0.0184. The molecule has 1 atom stereocenters. The lowest BCUT2D eigenvalue weighted by atomic mass is 10.1. The van der Waals surface area contributed by atoms with Gasteiger partial charge in [0.25, 0.3) is 0 Å². The van der Waals surface area contributed by atoms with Crippen molar-refractivity contribution in [2.45, 2.75) is 16.9 Å². The summed E-state index contributed by atoms with van der Waals surface area (Å²) in [5, 5.41) is 16.9. The van der Waals surface area contributed by atoms with Crippen LogP contribution >= 0.6 is 11.8 Å². The molecular formula is C23H25N3O4S. The second-order valence-electron chi connectivity index (χ2n) is 6.62. The molecule has 2 amide bonds. The molecule has 0 aliphatic rings. The lowest BCUT2D eigenvalue weighted by molar-refractivity contribution is 0.170. The molecule has 0 fully saturated rings. The Morgan fingerprint density at radius 2 is 1.97 bits per heavy atom. The van der Waals surface area contributed by atoms with Gasteiger partial charge in [0.2, 0.25) is 0 Å². The summed E-state index contributed by atoms with van der Waals surface area (Å²) in [6.07, 6.45) is 0.817. The lowest BCUT2D eigenvalue weighted by Gasteiger charge is -2.17. The summed E-state index contributed by atoms with van der Waals surface area (Å²) in [5.41, 5.74) is 2.27. The number of aliphatic hydroxyl groups is 1. The molecule has 0 aliphatic heterocycles. The first-order valence-corrected chi connectivity index (χ1v) is 10.6. The standard InChI is InChI=1S/C23H25N3O4S/c1-29-18-9-10-21(30-2)19(13-18)20(27)14-25-23(28)26-17-7-5-6-16(12-17)15-31-22-8-3-4-11-24-22/h3-13,20,27H,14-15H2,1-2H3,(H2,25,26,28). The Kier molecular flexibility index (Phi) is 8.14. The Morgan fingerprint density at radius 3 is 2.71 bits per heavy atom. The maximum absolute atomic E-state index is 12.3. The first-order valence-electron chi connectivity index (χ1n) is 9.66. The highest BCUT2D eigenvalue weighted by Crippen LogP contribution is 2.29. The monoisotopic (exact) mass is 439 g/mol. The average Bonchev–Trinajstić information content (AvgIpc) is 2.81. The zero-order valence-electron chi connectivity index (χ0n) is 17.4. The molecule has 1 unspecified atom stereocenters. The van der Waals surface area contributed by atoms with E-state index in [2.05, 4.69) is 15.6 Å². The van der Waals surface area contributed by atoms with Crippen molar-refractivity contribution >= 4 is 23.5 Å². The van der Waals surface area contributed by atoms with Gasteiger partial charge in [0.15, 0.2) is 0 Å². The van der Waals surface area contributed by atoms with Gasteiger partial charge in [-0.2, -0.15) is 0 Å². The predicted octanol–water partition coefficient (Wildman–Crippen LogP) is 4.25. The second kappa shape index (κ2) is 11.2. The van der Waals surface area contributed by atoms with Gasteiger partial charge in [0, 0.05) is 29.7 Å². The number of methoxy groups -OCH3 is 2. The normalized spacial score (nSPS) is 11.5. The van der Waals surface area contributed by atoms with Crippen molar-refractivity contribution in [2.75, 3.05) is 26.1 Å². The van der Waals surface area contributed by atoms with E-state index in [1.807, 2.05) is 42.5 Å². The maximum Gasteiger partial charge on any atom is 0.319 e. The molecule has 3 rings (SSSR count). The van der Waals surface area contributed by atoms with Gasteiger partial charge in [-0.05, 0) is 48.0 Å². The fraction of sp³-hybridized carbons (Fsp3) is 0.217. The first kappa shape index (κ1) is 22.5. The molecule has 2 aromatic carbocycles. The zero-order valence-corrected chi connectivity index (χ0v) is 18.2. The number of benzene rings is 2. The smallest absolute Gasteiger partial charge is 0.319 e. The van der Waals surface area contributed by atoms with Crippen molar-refractivity contribution < 1.29 is 19.4 Å². The van der Waals surface area contributed by atoms with Crippen LogP contribution in [0.1, 0.15) is 17.2 Å². The number of hydrogen-bond acceptors (Lipinski definition) is 6. The summed E-state index contributed by atoms with van der Waals surface area (Å²) in [4.78, 5) is 16.6. The highest BCUT2D eigenvalue weighted by molar-refractivity contribution is 7.98. The van der Waals surface area contributed by atoms with Crippen LogP contribution in [0.4, 0.5) is 10.5 Å². The molecule has 0 saturated carbocycles. The van der Waals surface area contributed by atoms with Crippen molar-refractivity contribution in [1.29, 1.82) is 0 Å². The van der Waals surface area contributed by atoms with Crippen molar-refractivity contribution in [3.8, 4) is 11.5 Å². The quantitative estimate of drug-likeness (QED) is 0.432. The summed E-state index contributed by atoms with van der Waals surface area (Å²) in [7, 11) is 3.07. The van der Waals surface area contributed by atoms with Crippen LogP contribution in [0, 0.1) is 0 Å². The van der Waals surface area contributed by atoms with E-state index in [0.717, 1.165) is 16.3 Å². The Bertz CT molecular complexity index is 1000. The number of carbonyl (C=O) groups is 1. The van der Waals surface area contributed by atoms with Crippen molar-refractivity contribution in [3.05, 3.63) is 78.0 Å². The number of anilines is 1. The number of aliphatic hydroxyl groups excluding tert-OH is 1. The molecule has 8 heteroatoms. The molecule has 3 N–H and O–H groups in total. The molecule has 0 spiro atoms. The molecule has 162 valence electrons. The molecule has 1 heterocycles. The van der Waals surface area contributed by atoms with E-state index >= 15 is 0 Å². The number of aromatic nitrogens is 1. The van der Waals surface area contributed by atoms with Gasteiger partial charge in [0.05, 0.1) is 19.2 Å². The lowest BCUT2D eigenvalue weighted by Crippen LogP contribution is -2.32. The Hall–Kier alpha value is -3.23. The minimum absolute atomic E-state index is 0.0184. The minimum Gasteiger partial charge on any atom is -0.497 e. The number of hydrogen-bond donors (Lipinski definition) is 3. The molecule has 0 saturated heterocycles. The van der Waals surface area contributed by atoms with E-state index < -0.39 is 12.1 Å². The van der Waals surface area contributed by atoms with E-state index in [9.17, 15) is 9.90 Å². The number of rotatable bonds is 9. The first-order chi connectivity index (χ1) is 15.1. The highest BCUT2D eigenvalue weighted by Gasteiger charge is 2.16. The summed E-state index contributed by atoms with van der Waals surface area (Å²) in [6, 6.07) is 18.1. The Balaban J connectivity index is 1.54. The van der Waals surface area contributed by atoms with Crippen LogP contribution in [0.15, 0.2) is 71.9 Å². The third-order valence-electron chi connectivity index (χ3n) is 4.46. The van der Waals surface area contributed by atoms with Crippen LogP contribution in [0.25, 0.3) is 0 Å². The molecule has 1 aromatic heterocycles. The van der Waals surface area contributed by atoms with E-state index in [0.29, 0.717) is 22.7 Å². The van der Waals surface area contributed by atoms with Crippen LogP contribution < -0.4 is 20.1 Å². The third-order valence-corrected chi connectivity index (χ3v) is 5.48. The largest absolute Gasteiger partial charge is 0.497 e. The summed E-state index contributed by atoms with van der Waals surface area (Å²) < 4.78 is 10.5.